The molecule has 0 atom stereocenters. The normalized spacial score (nSPS) is 20.4. The molecule has 2 saturated heterocycles. The summed E-state index contributed by atoms with van der Waals surface area (Å²) >= 11 is 0. The zero-order valence-corrected chi connectivity index (χ0v) is 14.8. The molecule has 2 aliphatic heterocycles. The van der Waals surface area contributed by atoms with Crippen LogP contribution >= 0.6 is 0 Å². The van der Waals surface area contributed by atoms with Gasteiger partial charge in [0.1, 0.15) is 0 Å². The predicted molar refractivity (Wildman–Crippen MR) is 91.4 cm³/mol. The molecular formula is C18H30N4O. The molecule has 128 valence electrons. The summed E-state index contributed by atoms with van der Waals surface area (Å²) in [5.41, 5.74) is 3.49. The minimum absolute atomic E-state index is 0.313. The van der Waals surface area contributed by atoms with Crippen LogP contribution < -0.4 is 0 Å². The van der Waals surface area contributed by atoms with Gasteiger partial charge in [0.25, 0.3) is 0 Å². The summed E-state index contributed by atoms with van der Waals surface area (Å²) in [7, 11) is 1.97. The highest BCUT2D eigenvalue weighted by molar-refractivity contribution is 5.76. The maximum Gasteiger partial charge on any atom is 0.222 e. The molecule has 0 aliphatic carbocycles. The third-order valence-corrected chi connectivity index (χ3v) is 5.72. The van der Waals surface area contributed by atoms with Crippen molar-refractivity contribution < 1.29 is 4.79 Å². The Morgan fingerprint density at radius 2 is 1.78 bits per heavy atom. The van der Waals surface area contributed by atoms with Gasteiger partial charge in [-0.3, -0.25) is 9.48 Å². The summed E-state index contributed by atoms with van der Waals surface area (Å²) in [5.74, 6) is 0.313. The zero-order valence-electron chi connectivity index (χ0n) is 14.8. The molecule has 1 amide bonds. The first-order valence-electron chi connectivity index (χ1n) is 9.07. The molecule has 0 unspecified atom stereocenters. The largest absolute Gasteiger partial charge is 0.343 e. The lowest BCUT2D eigenvalue weighted by atomic mass is 10.0. The topological polar surface area (TPSA) is 41.4 Å². The van der Waals surface area contributed by atoms with Crippen LogP contribution in [0, 0.1) is 13.8 Å². The molecule has 0 spiro atoms. The van der Waals surface area contributed by atoms with Crippen molar-refractivity contribution in [3.63, 3.8) is 0 Å². The van der Waals surface area contributed by atoms with Gasteiger partial charge in [-0.15, -0.1) is 0 Å². The van der Waals surface area contributed by atoms with Gasteiger partial charge in [-0.25, -0.2) is 0 Å². The summed E-state index contributed by atoms with van der Waals surface area (Å²) in [5, 5.41) is 4.44. The zero-order chi connectivity index (χ0) is 16.4. The molecule has 0 aromatic carbocycles. The molecule has 1 aromatic rings. The van der Waals surface area contributed by atoms with Crippen LogP contribution in [-0.4, -0.2) is 57.7 Å². The molecule has 0 radical (unpaired) electrons. The third-order valence-electron chi connectivity index (χ3n) is 5.72. The minimum Gasteiger partial charge on any atom is -0.343 e. The summed E-state index contributed by atoms with van der Waals surface area (Å²) in [6, 6.07) is 0.712. The standard InChI is InChI=1S/C18H30N4O/c1-14-17(15(2)20(3)19-14)6-7-18(23)22-12-8-16(9-13-22)21-10-4-5-11-21/h16H,4-13H2,1-3H3. The molecule has 3 rings (SSSR count). The Hall–Kier alpha value is -1.36. The van der Waals surface area contributed by atoms with E-state index in [1.807, 2.05) is 18.7 Å². The van der Waals surface area contributed by atoms with Crippen LogP contribution in [0.4, 0.5) is 0 Å². The fraction of sp³-hybridized carbons (Fsp3) is 0.778. The van der Waals surface area contributed by atoms with Gasteiger partial charge in [-0.05, 0) is 64.6 Å². The van der Waals surface area contributed by atoms with Crippen molar-refractivity contribution in [2.75, 3.05) is 26.2 Å². The number of aromatic nitrogens is 2. The van der Waals surface area contributed by atoms with E-state index in [4.69, 9.17) is 0 Å². The van der Waals surface area contributed by atoms with Crippen molar-refractivity contribution in [1.82, 2.24) is 19.6 Å². The number of nitrogens with zero attached hydrogens (tertiary/aromatic N) is 4. The molecule has 3 heterocycles. The van der Waals surface area contributed by atoms with Crippen LogP contribution in [0.2, 0.25) is 0 Å². The molecule has 23 heavy (non-hydrogen) atoms. The van der Waals surface area contributed by atoms with Gasteiger partial charge in [-0.2, -0.15) is 5.10 Å². The fourth-order valence-electron chi connectivity index (χ4n) is 4.16. The van der Waals surface area contributed by atoms with Gasteiger partial charge in [0.2, 0.25) is 5.91 Å². The maximum absolute atomic E-state index is 12.5. The quantitative estimate of drug-likeness (QED) is 0.853. The number of hydrogen-bond donors (Lipinski definition) is 0. The second-order valence-corrected chi connectivity index (χ2v) is 7.13. The molecule has 0 saturated carbocycles. The van der Waals surface area contributed by atoms with E-state index in [2.05, 4.69) is 21.8 Å². The van der Waals surface area contributed by atoms with E-state index in [-0.39, 0.29) is 0 Å². The van der Waals surface area contributed by atoms with E-state index in [9.17, 15) is 4.79 Å². The van der Waals surface area contributed by atoms with Gasteiger partial charge in [0.05, 0.1) is 5.69 Å². The van der Waals surface area contributed by atoms with Crippen molar-refractivity contribution >= 4 is 5.91 Å². The Labute approximate surface area is 139 Å². The Morgan fingerprint density at radius 3 is 2.35 bits per heavy atom. The number of rotatable bonds is 4. The number of piperidine rings is 1. The SMILES string of the molecule is Cc1nn(C)c(C)c1CCC(=O)N1CCC(N2CCCC2)CC1. The molecular weight excluding hydrogens is 288 g/mol. The van der Waals surface area contributed by atoms with Crippen molar-refractivity contribution in [3.05, 3.63) is 17.0 Å². The van der Waals surface area contributed by atoms with E-state index in [0.717, 1.165) is 38.0 Å². The first kappa shape index (κ1) is 16.5. The highest BCUT2D eigenvalue weighted by atomic mass is 16.2. The first-order chi connectivity index (χ1) is 11.1. The van der Waals surface area contributed by atoms with Crippen LogP contribution in [0.25, 0.3) is 0 Å². The molecule has 2 aliphatic rings. The third kappa shape index (κ3) is 3.60. The first-order valence-corrected chi connectivity index (χ1v) is 9.07. The Bertz CT molecular complexity index is 552. The summed E-state index contributed by atoms with van der Waals surface area (Å²) < 4.78 is 1.91. The number of likely N-dealkylation sites (tertiary alicyclic amines) is 2. The predicted octanol–water partition coefficient (Wildman–Crippen LogP) is 2.06. The van der Waals surface area contributed by atoms with E-state index in [1.54, 1.807) is 0 Å². The Kier molecular flexibility index (Phi) is 5.05. The van der Waals surface area contributed by atoms with Crippen LogP contribution in [-0.2, 0) is 18.3 Å². The highest BCUT2D eigenvalue weighted by Gasteiger charge is 2.28. The summed E-state index contributed by atoms with van der Waals surface area (Å²) in [6.07, 6.45) is 6.43. The monoisotopic (exact) mass is 318 g/mol. The van der Waals surface area contributed by atoms with Gasteiger partial charge < -0.3 is 9.80 Å². The van der Waals surface area contributed by atoms with Crippen molar-refractivity contribution in [2.24, 2.45) is 7.05 Å². The molecule has 5 heteroatoms. The lowest BCUT2D eigenvalue weighted by molar-refractivity contribution is -0.132. The second kappa shape index (κ2) is 7.04. The van der Waals surface area contributed by atoms with E-state index in [0.29, 0.717) is 18.4 Å². The van der Waals surface area contributed by atoms with Crippen molar-refractivity contribution in [2.45, 2.75) is 58.4 Å². The van der Waals surface area contributed by atoms with Crippen molar-refractivity contribution in [3.8, 4) is 0 Å². The Morgan fingerprint density at radius 1 is 1.13 bits per heavy atom. The lowest BCUT2D eigenvalue weighted by Crippen LogP contribution is -2.45. The highest BCUT2D eigenvalue weighted by Crippen LogP contribution is 2.22. The number of amides is 1. The van der Waals surface area contributed by atoms with Crippen LogP contribution in [0.15, 0.2) is 0 Å². The molecule has 1 aromatic heterocycles. The van der Waals surface area contributed by atoms with E-state index in [1.165, 1.54) is 37.2 Å². The van der Waals surface area contributed by atoms with Gasteiger partial charge in [-0.1, -0.05) is 0 Å². The fourth-order valence-corrected chi connectivity index (χ4v) is 4.16. The number of carbonyl (C=O) groups is 1. The van der Waals surface area contributed by atoms with Crippen LogP contribution in [0.3, 0.4) is 0 Å². The molecule has 5 nitrogen and oxygen atoms in total. The number of aryl methyl sites for hydroxylation is 2. The number of hydrogen-bond acceptors (Lipinski definition) is 3. The van der Waals surface area contributed by atoms with Gasteiger partial charge >= 0.3 is 0 Å². The van der Waals surface area contributed by atoms with Crippen LogP contribution in [0.1, 0.15) is 49.1 Å². The lowest BCUT2D eigenvalue weighted by Gasteiger charge is -2.36. The molecule has 0 N–H and O–H groups in total. The minimum atomic E-state index is 0.313. The van der Waals surface area contributed by atoms with Crippen LogP contribution in [0.5, 0.6) is 0 Å². The Balaban J connectivity index is 1.48. The smallest absolute Gasteiger partial charge is 0.222 e. The maximum atomic E-state index is 12.5. The molecule has 2 fully saturated rings. The average Bonchev–Trinajstić information content (AvgIpc) is 3.16. The average molecular weight is 318 g/mol. The van der Waals surface area contributed by atoms with Gasteiger partial charge in [0.15, 0.2) is 0 Å². The van der Waals surface area contributed by atoms with Gasteiger partial charge in [0, 0.05) is 38.3 Å². The van der Waals surface area contributed by atoms with E-state index >= 15 is 0 Å². The molecule has 0 bridgehead atoms. The van der Waals surface area contributed by atoms with E-state index < -0.39 is 0 Å². The van der Waals surface area contributed by atoms with Crippen molar-refractivity contribution in [1.29, 1.82) is 0 Å². The summed E-state index contributed by atoms with van der Waals surface area (Å²) in [6.45, 7) is 8.52. The summed E-state index contributed by atoms with van der Waals surface area (Å²) in [4.78, 5) is 17.2. The second-order valence-electron chi connectivity index (χ2n) is 7.13. The number of carbonyl (C=O) groups excluding carboxylic acids is 1.